The lowest BCUT2D eigenvalue weighted by molar-refractivity contribution is -0.115. The molecule has 0 aliphatic carbocycles. The summed E-state index contributed by atoms with van der Waals surface area (Å²) in [7, 11) is 3.11. The number of aromatic nitrogens is 2. The van der Waals surface area contributed by atoms with Crippen molar-refractivity contribution in [2.45, 2.75) is 6.42 Å². The van der Waals surface area contributed by atoms with Gasteiger partial charge >= 0.3 is 0 Å². The minimum Gasteiger partial charge on any atom is -0.493 e. The van der Waals surface area contributed by atoms with Crippen molar-refractivity contribution in [2.75, 3.05) is 19.5 Å². The summed E-state index contributed by atoms with van der Waals surface area (Å²) >= 11 is 0. The largest absolute Gasteiger partial charge is 0.493 e. The zero-order chi connectivity index (χ0) is 21.1. The molecule has 4 aromatic rings. The van der Waals surface area contributed by atoms with Crippen LogP contribution in [0.15, 0.2) is 66.9 Å². The quantitative estimate of drug-likeness (QED) is 0.518. The van der Waals surface area contributed by atoms with E-state index >= 15 is 0 Å². The van der Waals surface area contributed by atoms with Crippen molar-refractivity contribution in [3.63, 3.8) is 0 Å². The van der Waals surface area contributed by atoms with Gasteiger partial charge in [-0.2, -0.15) is 0 Å². The van der Waals surface area contributed by atoms with E-state index in [1.165, 1.54) is 12.1 Å². The Hall–Kier alpha value is -3.87. The Morgan fingerprint density at radius 2 is 1.80 bits per heavy atom. The minimum atomic E-state index is -0.332. The summed E-state index contributed by atoms with van der Waals surface area (Å²) in [5.41, 5.74) is 2.74. The van der Waals surface area contributed by atoms with Gasteiger partial charge in [-0.1, -0.05) is 12.1 Å². The van der Waals surface area contributed by atoms with Gasteiger partial charge in [0.25, 0.3) is 0 Å². The Bertz CT molecular complexity index is 1200. The van der Waals surface area contributed by atoms with Crippen LogP contribution >= 0.6 is 0 Å². The molecule has 4 rings (SSSR count). The number of imidazole rings is 1. The smallest absolute Gasteiger partial charge is 0.229 e. The Balaban J connectivity index is 1.65. The zero-order valence-corrected chi connectivity index (χ0v) is 16.6. The summed E-state index contributed by atoms with van der Waals surface area (Å²) in [6.45, 7) is 0. The van der Waals surface area contributed by atoms with E-state index in [1.807, 2.05) is 30.5 Å². The van der Waals surface area contributed by atoms with Crippen LogP contribution in [0.1, 0.15) is 5.56 Å². The van der Waals surface area contributed by atoms with Gasteiger partial charge in [-0.05, 0) is 54.1 Å². The number of hydrogen-bond acceptors (Lipinski definition) is 4. The molecule has 0 saturated carbocycles. The fourth-order valence-electron chi connectivity index (χ4n) is 3.28. The van der Waals surface area contributed by atoms with Gasteiger partial charge in [0.2, 0.25) is 5.91 Å². The molecule has 0 spiro atoms. The van der Waals surface area contributed by atoms with Crippen LogP contribution < -0.4 is 14.8 Å². The van der Waals surface area contributed by atoms with E-state index in [-0.39, 0.29) is 18.1 Å². The number of halogens is 1. The van der Waals surface area contributed by atoms with Crippen LogP contribution in [0.4, 0.5) is 10.2 Å². The summed E-state index contributed by atoms with van der Waals surface area (Å²) < 4.78 is 25.7. The molecule has 1 N–H and O–H groups in total. The lowest BCUT2D eigenvalue weighted by atomic mass is 10.1. The molecule has 0 atom stereocenters. The van der Waals surface area contributed by atoms with Crippen molar-refractivity contribution in [3.8, 4) is 22.8 Å². The first-order valence-electron chi connectivity index (χ1n) is 9.33. The van der Waals surface area contributed by atoms with Crippen LogP contribution in [0.25, 0.3) is 16.9 Å². The van der Waals surface area contributed by atoms with Crippen molar-refractivity contribution >= 4 is 17.4 Å². The molecule has 0 aliphatic rings. The Morgan fingerprint density at radius 3 is 2.53 bits per heavy atom. The minimum absolute atomic E-state index is 0.142. The van der Waals surface area contributed by atoms with Crippen LogP contribution in [-0.4, -0.2) is 29.5 Å². The van der Waals surface area contributed by atoms with Gasteiger partial charge in [-0.25, -0.2) is 9.37 Å². The number of nitrogens with zero attached hydrogens (tertiary/aromatic N) is 2. The van der Waals surface area contributed by atoms with Gasteiger partial charge in [0.1, 0.15) is 23.0 Å². The number of carbonyl (C=O) groups excluding carboxylic acids is 1. The summed E-state index contributed by atoms with van der Waals surface area (Å²) in [5, 5.41) is 2.96. The first-order valence-corrected chi connectivity index (χ1v) is 9.33. The van der Waals surface area contributed by atoms with E-state index < -0.39 is 0 Å². The van der Waals surface area contributed by atoms with Crippen LogP contribution in [0.5, 0.6) is 11.5 Å². The fourth-order valence-corrected chi connectivity index (χ4v) is 3.28. The summed E-state index contributed by atoms with van der Waals surface area (Å²) in [6, 6.07) is 16.9. The second kappa shape index (κ2) is 8.24. The number of rotatable bonds is 6. The number of nitrogens with one attached hydrogen (secondary N) is 1. The number of amides is 1. The standard InChI is InChI=1S/C23H20FN3O3/c1-29-18-11-6-15(13-19(18)30-2)14-21(28)26-23-22(16-7-9-17(24)10-8-16)25-20-5-3-4-12-27(20)23/h3-13H,14H2,1-2H3,(H,26,28). The first-order chi connectivity index (χ1) is 14.6. The maximum absolute atomic E-state index is 13.4. The van der Waals surface area contributed by atoms with E-state index in [9.17, 15) is 9.18 Å². The molecule has 2 aromatic carbocycles. The lowest BCUT2D eigenvalue weighted by Gasteiger charge is -2.11. The van der Waals surface area contributed by atoms with Crippen LogP contribution in [-0.2, 0) is 11.2 Å². The molecule has 0 aliphatic heterocycles. The van der Waals surface area contributed by atoms with Gasteiger partial charge in [0, 0.05) is 11.8 Å². The van der Waals surface area contributed by atoms with Crippen molar-refractivity contribution < 1.29 is 18.7 Å². The average molecular weight is 405 g/mol. The van der Waals surface area contributed by atoms with Crippen molar-refractivity contribution in [3.05, 3.63) is 78.2 Å². The summed E-state index contributed by atoms with van der Waals surface area (Å²) in [5.74, 6) is 1.15. The van der Waals surface area contributed by atoms with Gasteiger partial charge in [-0.15, -0.1) is 0 Å². The molecule has 0 bridgehead atoms. The number of ether oxygens (including phenoxy) is 2. The third-order valence-corrected chi connectivity index (χ3v) is 4.72. The van der Waals surface area contributed by atoms with Gasteiger partial charge in [-0.3, -0.25) is 9.20 Å². The Labute approximate surface area is 172 Å². The average Bonchev–Trinajstić information content (AvgIpc) is 3.12. The molecule has 6 nitrogen and oxygen atoms in total. The molecular formula is C23H20FN3O3. The van der Waals surface area contributed by atoms with E-state index in [2.05, 4.69) is 10.3 Å². The SMILES string of the molecule is COc1ccc(CC(=O)Nc2c(-c3ccc(F)cc3)nc3ccccn23)cc1OC. The number of benzene rings is 2. The third-order valence-electron chi connectivity index (χ3n) is 4.72. The highest BCUT2D eigenvalue weighted by Gasteiger charge is 2.17. The van der Waals surface area contributed by atoms with Crippen LogP contribution in [0.3, 0.4) is 0 Å². The number of pyridine rings is 1. The first kappa shape index (κ1) is 19.4. The lowest BCUT2D eigenvalue weighted by Crippen LogP contribution is -2.16. The summed E-state index contributed by atoms with van der Waals surface area (Å²) in [4.78, 5) is 17.4. The third kappa shape index (κ3) is 3.82. The van der Waals surface area contributed by atoms with E-state index in [1.54, 1.807) is 42.9 Å². The highest BCUT2D eigenvalue weighted by Crippen LogP contribution is 2.30. The molecule has 2 aromatic heterocycles. The molecule has 30 heavy (non-hydrogen) atoms. The van der Waals surface area contributed by atoms with E-state index in [0.717, 1.165) is 5.56 Å². The maximum atomic E-state index is 13.4. The summed E-state index contributed by atoms with van der Waals surface area (Å²) in [6.07, 6.45) is 1.96. The van der Waals surface area contributed by atoms with E-state index in [4.69, 9.17) is 9.47 Å². The molecule has 2 heterocycles. The fraction of sp³-hybridized carbons (Fsp3) is 0.130. The highest BCUT2D eigenvalue weighted by atomic mass is 19.1. The monoisotopic (exact) mass is 405 g/mol. The van der Waals surface area contributed by atoms with E-state index in [0.29, 0.717) is 34.2 Å². The second-order valence-electron chi connectivity index (χ2n) is 6.66. The normalized spacial score (nSPS) is 10.8. The number of hydrogen-bond donors (Lipinski definition) is 1. The number of methoxy groups -OCH3 is 2. The van der Waals surface area contributed by atoms with Gasteiger partial charge in [0.05, 0.1) is 20.6 Å². The maximum Gasteiger partial charge on any atom is 0.229 e. The van der Waals surface area contributed by atoms with Crippen molar-refractivity contribution in [1.82, 2.24) is 9.38 Å². The van der Waals surface area contributed by atoms with Crippen molar-refractivity contribution in [1.29, 1.82) is 0 Å². The van der Waals surface area contributed by atoms with Crippen LogP contribution in [0, 0.1) is 5.82 Å². The second-order valence-corrected chi connectivity index (χ2v) is 6.66. The molecule has 1 amide bonds. The molecule has 7 heteroatoms. The van der Waals surface area contributed by atoms with Crippen LogP contribution in [0.2, 0.25) is 0 Å². The molecule has 0 fully saturated rings. The van der Waals surface area contributed by atoms with Crippen molar-refractivity contribution in [2.24, 2.45) is 0 Å². The number of anilines is 1. The zero-order valence-electron chi connectivity index (χ0n) is 16.6. The predicted molar refractivity (Wildman–Crippen MR) is 112 cm³/mol. The van der Waals surface area contributed by atoms with Gasteiger partial charge in [0.15, 0.2) is 11.5 Å². The van der Waals surface area contributed by atoms with Gasteiger partial charge < -0.3 is 14.8 Å². The Kier molecular flexibility index (Phi) is 5.34. The molecule has 0 saturated heterocycles. The molecule has 0 unspecified atom stereocenters. The molecular weight excluding hydrogens is 385 g/mol. The molecule has 152 valence electrons. The predicted octanol–water partition coefficient (Wildman–Crippen LogP) is 4.34. The number of fused-ring (bicyclic) bond motifs is 1. The topological polar surface area (TPSA) is 64.9 Å². The molecule has 0 radical (unpaired) electrons. The Morgan fingerprint density at radius 1 is 1.03 bits per heavy atom. The highest BCUT2D eigenvalue weighted by molar-refractivity contribution is 5.95. The number of carbonyl (C=O) groups is 1.